The summed E-state index contributed by atoms with van der Waals surface area (Å²) in [4.78, 5) is 4.51. The first-order valence-corrected chi connectivity index (χ1v) is 8.23. The Bertz CT molecular complexity index is 504. The molecule has 2 atom stereocenters. The van der Waals surface area contributed by atoms with Crippen molar-refractivity contribution in [1.29, 1.82) is 0 Å². The zero-order valence-electron chi connectivity index (χ0n) is 13.8. The molecule has 0 spiro atoms. The van der Waals surface area contributed by atoms with Gasteiger partial charge in [0.2, 0.25) is 0 Å². The van der Waals surface area contributed by atoms with E-state index < -0.39 is 0 Å². The van der Waals surface area contributed by atoms with E-state index in [0.29, 0.717) is 12.3 Å². The molecule has 1 saturated heterocycles. The van der Waals surface area contributed by atoms with Gasteiger partial charge in [-0.1, -0.05) is 6.07 Å². The monoisotopic (exact) mass is 323 g/mol. The summed E-state index contributed by atoms with van der Waals surface area (Å²) in [5, 5.41) is 6.49. The Labute approximate surface area is 137 Å². The zero-order chi connectivity index (χ0) is 16.5. The van der Waals surface area contributed by atoms with Crippen molar-refractivity contribution in [3.8, 4) is 5.75 Å². The summed E-state index contributed by atoms with van der Waals surface area (Å²) in [5.74, 6) is 0.965. The number of guanidine groups is 1. The highest BCUT2D eigenvalue weighted by Gasteiger charge is 2.15. The van der Waals surface area contributed by atoms with Crippen LogP contribution in [0, 0.1) is 5.82 Å². The van der Waals surface area contributed by atoms with Crippen LogP contribution in [-0.2, 0) is 4.74 Å². The minimum Gasteiger partial charge on any atom is -0.489 e. The second-order valence-electron chi connectivity index (χ2n) is 5.62. The van der Waals surface area contributed by atoms with Crippen molar-refractivity contribution in [2.45, 2.75) is 38.9 Å². The lowest BCUT2D eigenvalue weighted by Gasteiger charge is -2.16. The topological polar surface area (TPSA) is 54.9 Å². The summed E-state index contributed by atoms with van der Waals surface area (Å²) in [7, 11) is 0. The van der Waals surface area contributed by atoms with Gasteiger partial charge in [0, 0.05) is 25.8 Å². The van der Waals surface area contributed by atoms with Gasteiger partial charge in [-0.2, -0.15) is 0 Å². The van der Waals surface area contributed by atoms with Gasteiger partial charge in [-0.3, -0.25) is 0 Å². The van der Waals surface area contributed by atoms with Crippen LogP contribution in [0.5, 0.6) is 5.75 Å². The van der Waals surface area contributed by atoms with E-state index in [1.807, 2.05) is 13.8 Å². The standard InChI is InChI=1S/C17H26FN3O2/c1-3-19-17(21-12-16-8-5-9-22-16)20-11-13(2)23-15-7-4-6-14(18)10-15/h4,6-7,10,13,16H,3,5,8-9,11-12H2,1-2H3,(H2,19,20,21). The summed E-state index contributed by atoms with van der Waals surface area (Å²) in [6.07, 6.45) is 2.33. The molecule has 0 aromatic heterocycles. The SMILES string of the molecule is CCNC(=NCC(C)Oc1cccc(F)c1)NCC1CCCO1. The third-order valence-electron chi connectivity index (χ3n) is 3.51. The van der Waals surface area contributed by atoms with Gasteiger partial charge in [-0.25, -0.2) is 9.38 Å². The highest BCUT2D eigenvalue weighted by atomic mass is 19.1. The van der Waals surface area contributed by atoms with Crippen molar-refractivity contribution in [3.63, 3.8) is 0 Å². The molecule has 1 heterocycles. The van der Waals surface area contributed by atoms with Crippen LogP contribution >= 0.6 is 0 Å². The molecule has 0 aliphatic carbocycles. The van der Waals surface area contributed by atoms with Crippen molar-refractivity contribution in [2.75, 3.05) is 26.2 Å². The van der Waals surface area contributed by atoms with E-state index in [1.165, 1.54) is 12.1 Å². The maximum Gasteiger partial charge on any atom is 0.191 e. The Balaban J connectivity index is 1.80. The summed E-state index contributed by atoms with van der Waals surface area (Å²) < 4.78 is 24.4. The largest absolute Gasteiger partial charge is 0.489 e. The molecule has 0 bridgehead atoms. The van der Waals surface area contributed by atoms with Crippen molar-refractivity contribution >= 4 is 5.96 Å². The summed E-state index contributed by atoms with van der Waals surface area (Å²) in [6.45, 7) is 6.81. The third kappa shape index (κ3) is 6.44. The van der Waals surface area contributed by atoms with Crippen LogP contribution in [0.1, 0.15) is 26.7 Å². The fourth-order valence-corrected chi connectivity index (χ4v) is 2.39. The highest BCUT2D eigenvalue weighted by molar-refractivity contribution is 5.79. The number of ether oxygens (including phenoxy) is 2. The van der Waals surface area contributed by atoms with Gasteiger partial charge in [0.15, 0.2) is 5.96 Å². The first kappa shape index (κ1) is 17.5. The predicted molar refractivity (Wildman–Crippen MR) is 89.4 cm³/mol. The van der Waals surface area contributed by atoms with Crippen LogP contribution < -0.4 is 15.4 Å². The molecule has 2 N–H and O–H groups in total. The van der Waals surface area contributed by atoms with Gasteiger partial charge in [0.25, 0.3) is 0 Å². The average molecular weight is 323 g/mol. The van der Waals surface area contributed by atoms with E-state index in [4.69, 9.17) is 9.47 Å². The number of hydrogen-bond donors (Lipinski definition) is 2. The van der Waals surface area contributed by atoms with Crippen LogP contribution in [0.4, 0.5) is 4.39 Å². The first-order chi connectivity index (χ1) is 11.2. The Morgan fingerprint density at radius 3 is 3.04 bits per heavy atom. The molecule has 23 heavy (non-hydrogen) atoms. The summed E-state index contributed by atoms with van der Waals surface area (Å²) in [5.41, 5.74) is 0. The van der Waals surface area contributed by atoms with Gasteiger partial charge in [0.1, 0.15) is 17.7 Å². The smallest absolute Gasteiger partial charge is 0.191 e. The Morgan fingerprint density at radius 1 is 1.48 bits per heavy atom. The van der Waals surface area contributed by atoms with Crippen LogP contribution in [0.3, 0.4) is 0 Å². The van der Waals surface area contributed by atoms with Crippen LogP contribution in [0.25, 0.3) is 0 Å². The number of nitrogens with zero attached hydrogens (tertiary/aromatic N) is 1. The van der Waals surface area contributed by atoms with Gasteiger partial charge < -0.3 is 20.1 Å². The van der Waals surface area contributed by atoms with Crippen molar-refractivity contribution in [3.05, 3.63) is 30.1 Å². The lowest BCUT2D eigenvalue weighted by Crippen LogP contribution is -2.41. The number of benzene rings is 1. The predicted octanol–water partition coefficient (Wildman–Crippen LogP) is 2.33. The molecule has 1 aliphatic rings. The normalized spacial score (nSPS) is 19.4. The fourth-order valence-electron chi connectivity index (χ4n) is 2.39. The molecule has 6 heteroatoms. The minimum atomic E-state index is -0.301. The molecule has 0 amide bonds. The molecule has 0 saturated carbocycles. The van der Waals surface area contributed by atoms with Crippen molar-refractivity contribution in [2.24, 2.45) is 4.99 Å². The van der Waals surface area contributed by atoms with Crippen LogP contribution in [-0.4, -0.2) is 44.4 Å². The van der Waals surface area contributed by atoms with E-state index in [2.05, 4.69) is 15.6 Å². The molecule has 1 aromatic rings. The van der Waals surface area contributed by atoms with E-state index in [9.17, 15) is 4.39 Å². The third-order valence-corrected chi connectivity index (χ3v) is 3.51. The van der Waals surface area contributed by atoms with E-state index in [1.54, 1.807) is 12.1 Å². The van der Waals surface area contributed by atoms with Gasteiger partial charge in [-0.05, 0) is 38.8 Å². The van der Waals surface area contributed by atoms with Gasteiger partial charge in [0.05, 0.1) is 12.6 Å². The molecule has 2 rings (SSSR count). The fraction of sp³-hybridized carbons (Fsp3) is 0.588. The molecule has 1 aliphatic heterocycles. The Morgan fingerprint density at radius 2 is 2.35 bits per heavy atom. The van der Waals surface area contributed by atoms with Crippen molar-refractivity contribution < 1.29 is 13.9 Å². The number of rotatable bonds is 7. The second-order valence-corrected chi connectivity index (χ2v) is 5.62. The van der Waals surface area contributed by atoms with Crippen LogP contribution in [0.2, 0.25) is 0 Å². The summed E-state index contributed by atoms with van der Waals surface area (Å²) >= 11 is 0. The number of nitrogens with one attached hydrogen (secondary N) is 2. The Hall–Kier alpha value is -1.82. The van der Waals surface area contributed by atoms with Gasteiger partial charge in [-0.15, -0.1) is 0 Å². The van der Waals surface area contributed by atoms with E-state index >= 15 is 0 Å². The molecule has 1 aromatic carbocycles. The molecule has 2 unspecified atom stereocenters. The summed E-state index contributed by atoms with van der Waals surface area (Å²) in [6, 6.07) is 6.15. The number of aliphatic imine (C=N–C) groups is 1. The maximum atomic E-state index is 13.1. The van der Waals surface area contributed by atoms with Gasteiger partial charge >= 0.3 is 0 Å². The molecule has 128 valence electrons. The Kier molecular flexibility index (Phi) is 7.13. The molecule has 0 radical (unpaired) electrons. The molecular weight excluding hydrogens is 297 g/mol. The highest BCUT2D eigenvalue weighted by Crippen LogP contribution is 2.14. The first-order valence-electron chi connectivity index (χ1n) is 8.23. The van der Waals surface area contributed by atoms with Crippen molar-refractivity contribution in [1.82, 2.24) is 10.6 Å². The van der Waals surface area contributed by atoms with E-state index in [0.717, 1.165) is 38.5 Å². The molecule has 1 fully saturated rings. The quantitative estimate of drug-likeness (QED) is 0.597. The minimum absolute atomic E-state index is 0.144. The number of hydrogen-bond acceptors (Lipinski definition) is 3. The lowest BCUT2D eigenvalue weighted by atomic mass is 10.2. The average Bonchev–Trinajstić information content (AvgIpc) is 3.03. The maximum absolute atomic E-state index is 13.1. The molecule has 5 nitrogen and oxygen atoms in total. The number of halogens is 1. The molecular formula is C17H26FN3O2. The van der Waals surface area contributed by atoms with E-state index in [-0.39, 0.29) is 18.0 Å². The zero-order valence-corrected chi connectivity index (χ0v) is 13.8. The lowest BCUT2D eigenvalue weighted by molar-refractivity contribution is 0.113. The second kappa shape index (κ2) is 9.35. The van der Waals surface area contributed by atoms with Crippen LogP contribution in [0.15, 0.2) is 29.3 Å².